The molecule has 0 aliphatic heterocycles. The average molecular weight is 264 g/mol. The maximum atomic E-state index is 5.92. The molecule has 2 rings (SSSR count). The molecule has 0 amide bonds. The van der Waals surface area contributed by atoms with E-state index in [2.05, 4.69) is 49.1 Å². The van der Waals surface area contributed by atoms with Gasteiger partial charge in [-0.15, -0.1) is 0 Å². The molecule has 0 saturated carbocycles. The third-order valence-corrected chi connectivity index (χ3v) is 6.15. The maximum absolute atomic E-state index is 5.92. The molecule has 98 valence electrons. The molecule has 0 bridgehead atoms. The molecule has 18 heavy (non-hydrogen) atoms. The fourth-order valence-corrected chi connectivity index (χ4v) is 4.55. The van der Waals surface area contributed by atoms with Crippen LogP contribution in [0.2, 0.25) is 0 Å². The number of hydrogen-bond acceptors (Lipinski definition) is 2. The third-order valence-electron chi connectivity index (χ3n) is 3.11. The van der Waals surface area contributed by atoms with Gasteiger partial charge in [-0.1, -0.05) is 0 Å². The predicted molar refractivity (Wildman–Crippen MR) is 81.1 cm³/mol. The van der Waals surface area contributed by atoms with Crippen LogP contribution < -0.4 is 5.30 Å². The SMILES string of the molecule is CCO[PH](C)(OCC)c1ccc2ccccc2c1. The van der Waals surface area contributed by atoms with Crippen molar-refractivity contribution >= 4 is 23.8 Å². The number of hydrogen-bond donors (Lipinski definition) is 0. The van der Waals surface area contributed by atoms with Gasteiger partial charge in [0, 0.05) is 0 Å². The summed E-state index contributed by atoms with van der Waals surface area (Å²) >= 11 is 0. The molecule has 0 saturated heterocycles. The van der Waals surface area contributed by atoms with E-state index in [-0.39, 0.29) is 0 Å². The van der Waals surface area contributed by atoms with Crippen molar-refractivity contribution in [3.63, 3.8) is 0 Å². The van der Waals surface area contributed by atoms with E-state index < -0.39 is 7.72 Å². The van der Waals surface area contributed by atoms with Gasteiger partial charge in [-0.25, -0.2) is 0 Å². The monoisotopic (exact) mass is 264 g/mol. The molecular weight excluding hydrogens is 243 g/mol. The molecule has 0 aliphatic rings. The van der Waals surface area contributed by atoms with Gasteiger partial charge in [-0.05, 0) is 0 Å². The van der Waals surface area contributed by atoms with E-state index in [0.29, 0.717) is 13.2 Å². The summed E-state index contributed by atoms with van der Waals surface area (Å²) in [4.78, 5) is 0. The Bertz CT molecular complexity index is 519. The van der Waals surface area contributed by atoms with Gasteiger partial charge < -0.3 is 0 Å². The molecule has 2 nitrogen and oxygen atoms in total. The van der Waals surface area contributed by atoms with E-state index in [9.17, 15) is 0 Å². The van der Waals surface area contributed by atoms with Crippen LogP contribution in [0.3, 0.4) is 0 Å². The molecular formula is C15H21O2P. The molecule has 0 spiro atoms. The van der Waals surface area contributed by atoms with Crippen LogP contribution in [0, 0.1) is 0 Å². The number of fused-ring (bicyclic) bond motifs is 1. The topological polar surface area (TPSA) is 18.5 Å². The normalized spacial score (nSPS) is 12.8. The zero-order chi connectivity index (χ0) is 13.0. The Labute approximate surface area is 109 Å². The van der Waals surface area contributed by atoms with Gasteiger partial charge in [0.2, 0.25) is 0 Å². The second kappa shape index (κ2) is 5.79. The van der Waals surface area contributed by atoms with Crippen LogP contribution in [0.15, 0.2) is 42.5 Å². The molecule has 0 radical (unpaired) electrons. The van der Waals surface area contributed by atoms with Crippen LogP contribution in [0.5, 0.6) is 0 Å². The first kappa shape index (κ1) is 13.5. The summed E-state index contributed by atoms with van der Waals surface area (Å²) in [7, 11) is -2.24. The summed E-state index contributed by atoms with van der Waals surface area (Å²) in [6, 6.07) is 14.9. The molecule has 0 aliphatic carbocycles. The average Bonchev–Trinajstić information content (AvgIpc) is 2.39. The fraction of sp³-hybridized carbons (Fsp3) is 0.333. The molecule has 0 atom stereocenters. The van der Waals surface area contributed by atoms with E-state index in [1.54, 1.807) is 0 Å². The van der Waals surface area contributed by atoms with Crippen molar-refractivity contribution in [2.75, 3.05) is 19.9 Å². The van der Waals surface area contributed by atoms with Crippen LogP contribution in [-0.2, 0) is 9.05 Å². The Morgan fingerprint density at radius 3 is 2.11 bits per heavy atom. The van der Waals surface area contributed by atoms with Gasteiger partial charge in [0.05, 0.1) is 0 Å². The number of rotatable bonds is 5. The van der Waals surface area contributed by atoms with Crippen LogP contribution in [0.4, 0.5) is 0 Å². The van der Waals surface area contributed by atoms with Crippen molar-refractivity contribution in [1.29, 1.82) is 0 Å². The quantitative estimate of drug-likeness (QED) is 0.766. The molecule has 0 unspecified atom stereocenters. The number of benzene rings is 2. The first-order chi connectivity index (χ1) is 8.69. The van der Waals surface area contributed by atoms with Gasteiger partial charge in [-0.2, -0.15) is 0 Å². The summed E-state index contributed by atoms with van der Waals surface area (Å²) in [5.74, 6) is 0. The summed E-state index contributed by atoms with van der Waals surface area (Å²) < 4.78 is 11.8. The minimum absolute atomic E-state index is 0.690. The molecule has 3 heteroatoms. The van der Waals surface area contributed by atoms with Crippen LogP contribution in [0.1, 0.15) is 13.8 Å². The molecule has 0 N–H and O–H groups in total. The predicted octanol–water partition coefficient (Wildman–Crippen LogP) is 3.75. The molecule has 2 aromatic carbocycles. The standard InChI is InChI=1S/C15H21O2P/c1-4-16-18(3,17-5-2)15-11-10-13-8-6-7-9-14(13)12-15/h6-12,18H,4-5H2,1-3H3. The van der Waals surface area contributed by atoms with Crippen molar-refractivity contribution < 1.29 is 9.05 Å². The van der Waals surface area contributed by atoms with Crippen molar-refractivity contribution in [3.8, 4) is 0 Å². The van der Waals surface area contributed by atoms with Crippen LogP contribution >= 0.6 is 7.72 Å². The Morgan fingerprint density at radius 1 is 0.889 bits per heavy atom. The summed E-state index contributed by atoms with van der Waals surface area (Å²) in [6.07, 6.45) is 0. The zero-order valence-corrected chi connectivity index (χ0v) is 12.3. The first-order valence-electron chi connectivity index (χ1n) is 6.47. The van der Waals surface area contributed by atoms with Gasteiger partial charge in [0.15, 0.2) is 0 Å². The third kappa shape index (κ3) is 2.72. The van der Waals surface area contributed by atoms with Crippen molar-refractivity contribution in [3.05, 3.63) is 42.5 Å². The summed E-state index contributed by atoms with van der Waals surface area (Å²) in [5.41, 5.74) is 0. The Balaban J connectivity index is 2.44. The summed E-state index contributed by atoms with van der Waals surface area (Å²) in [6.45, 7) is 7.53. The van der Waals surface area contributed by atoms with E-state index in [4.69, 9.17) is 9.05 Å². The van der Waals surface area contributed by atoms with Gasteiger partial charge in [0.1, 0.15) is 0 Å². The molecule has 0 fully saturated rings. The van der Waals surface area contributed by atoms with E-state index in [1.807, 2.05) is 13.8 Å². The fourth-order valence-electron chi connectivity index (χ4n) is 2.23. The Kier molecular flexibility index (Phi) is 4.34. The molecule has 0 heterocycles. The Hall–Kier alpha value is -0.950. The molecule has 0 aromatic heterocycles. The Morgan fingerprint density at radius 2 is 1.50 bits per heavy atom. The van der Waals surface area contributed by atoms with Gasteiger partial charge in [0.25, 0.3) is 0 Å². The van der Waals surface area contributed by atoms with Crippen molar-refractivity contribution in [1.82, 2.24) is 0 Å². The van der Waals surface area contributed by atoms with E-state index in [0.717, 1.165) is 0 Å². The van der Waals surface area contributed by atoms with Crippen molar-refractivity contribution in [2.24, 2.45) is 0 Å². The van der Waals surface area contributed by atoms with E-state index >= 15 is 0 Å². The molecule has 2 aromatic rings. The van der Waals surface area contributed by atoms with Gasteiger partial charge in [-0.3, -0.25) is 0 Å². The zero-order valence-electron chi connectivity index (χ0n) is 11.3. The first-order valence-corrected chi connectivity index (χ1v) is 8.78. The second-order valence-electron chi connectivity index (χ2n) is 4.37. The minimum atomic E-state index is -2.24. The second-order valence-corrected chi connectivity index (χ2v) is 7.42. The van der Waals surface area contributed by atoms with Gasteiger partial charge >= 0.3 is 109 Å². The van der Waals surface area contributed by atoms with E-state index in [1.165, 1.54) is 16.1 Å². The van der Waals surface area contributed by atoms with Crippen molar-refractivity contribution in [2.45, 2.75) is 13.8 Å². The van der Waals surface area contributed by atoms with Crippen LogP contribution in [0.25, 0.3) is 10.8 Å². The van der Waals surface area contributed by atoms with Crippen LogP contribution in [-0.4, -0.2) is 19.9 Å². The summed E-state index contributed by atoms with van der Waals surface area (Å²) in [5, 5.41) is 3.70.